The number of aryl methyl sites for hydroxylation is 2. The number of non-ortho nitro benzene ring substituents is 1. The summed E-state index contributed by atoms with van der Waals surface area (Å²) in [6.07, 6.45) is 1.36. The second-order valence-corrected chi connectivity index (χ2v) is 7.94. The molecule has 0 spiro atoms. The molecule has 0 N–H and O–H groups in total. The Hall–Kier alpha value is -4.38. The Balaban J connectivity index is 1.83. The van der Waals surface area contributed by atoms with Crippen LogP contribution in [0.25, 0.3) is 11.3 Å². The molecule has 2 aromatic heterocycles. The van der Waals surface area contributed by atoms with E-state index in [1.54, 1.807) is 16.8 Å². The van der Waals surface area contributed by atoms with E-state index in [4.69, 9.17) is 9.41 Å². The van der Waals surface area contributed by atoms with Crippen molar-refractivity contribution in [2.75, 3.05) is 0 Å². The molecule has 10 nitrogen and oxygen atoms in total. The minimum atomic E-state index is -0.627. The van der Waals surface area contributed by atoms with Gasteiger partial charge < -0.3 is 4.42 Å². The van der Waals surface area contributed by atoms with Crippen molar-refractivity contribution >= 4 is 34.8 Å². The molecule has 2 aromatic carbocycles. The molecule has 4 rings (SSSR count). The van der Waals surface area contributed by atoms with E-state index in [0.29, 0.717) is 16.1 Å². The van der Waals surface area contributed by atoms with E-state index in [1.165, 1.54) is 41.8 Å². The van der Waals surface area contributed by atoms with Gasteiger partial charge >= 0.3 is 5.88 Å². The minimum Gasteiger partial charge on any atom is -0.400 e. The molecular weight excluding hydrogens is 446 g/mol. The van der Waals surface area contributed by atoms with Crippen molar-refractivity contribution in [1.29, 1.82) is 0 Å². The number of nitro benzene ring substituents is 1. The van der Waals surface area contributed by atoms with Crippen molar-refractivity contribution in [3.63, 3.8) is 0 Å². The Kier molecular flexibility index (Phi) is 5.96. The molecule has 0 atom stereocenters. The first-order chi connectivity index (χ1) is 15.8. The van der Waals surface area contributed by atoms with Gasteiger partial charge in [-0.05, 0) is 43.7 Å². The molecule has 4 aromatic rings. The maximum atomic E-state index is 11.0. The smallest absolute Gasteiger partial charge is 0.400 e. The summed E-state index contributed by atoms with van der Waals surface area (Å²) in [6, 6.07) is 14.7. The van der Waals surface area contributed by atoms with Gasteiger partial charge in [-0.15, -0.1) is 11.3 Å². The second-order valence-electron chi connectivity index (χ2n) is 7.10. The summed E-state index contributed by atoms with van der Waals surface area (Å²) >= 11 is 1.34. The first-order valence-corrected chi connectivity index (χ1v) is 10.6. The van der Waals surface area contributed by atoms with E-state index in [-0.39, 0.29) is 17.3 Å². The molecule has 0 radical (unpaired) electrons. The fourth-order valence-electron chi connectivity index (χ4n) is 3.10. The van der Waals surface area contributed by atoms with E-state index in [0.717, 1.165) is 16.8 Å². The van der Waals surface area contributed by atoms with E-state index in [9.17, 15) is 20.2 Å². The Morgan fingerprint density at radius 3 is 2.39 bits per heavy atom. The number of furan rings is 1. The van der Waals surface area contributed by atoms with Crippen LogP contribution in [0, 0.1) is 34.1 Å². The quantitative estimate of drug-likeness (QED) is 0.216. The number of hydrogen-bond acceptors (Lipinski definition) is 8. The van der Waals surface area contributed by atoms with Gasteiger partial charge in [0.1, 0.15) is 4.92 Å². The molecule has 0 aliphatic rings. The summed E-state index contributed by atoms with van der Waals surface area (Å²) < 4.78 is 6.73. The number of nitro groups is 2. The second kappa shape index (κ2) is 9.01. The molecule has 0 aliphatic carbocycles. The van der Waals surface area contributed by atoms with Crippen molar-refractivity contribution in [1.82, 2.24) is 4.68 Å². The maximum Gasteiger partial charge on any atom is 0.433 e. The molecule has 0 saturated heterocycles. The number of thiazole rings is 1. The Morgan fingerprint density at radius 1 is 1.00 bits per heavy atom. The lowest BCUT2D eigenvalue weighted by Crippen LogP contribution is -2.11. The van der Waals surface area contributed by atoms with Crippen LogP contribution in [-0.2, 0) is 0 Å². The molecule has 0 saturated carbocycles. The molecular formula is C22H17N5O5S. The van der Waals surface area contributed by atoms with E-state index >= 15 is 0 Å². The number of hydrogen-bond donors (Lipinski definition) is 0. The van der Waals surface area contributed by atoms with Crippen LogP contribution in [0.1, 0.15) is 16.9 Å². The van der Waals surface area contributed by atoms with Gasteiger partial charge in [0.05, 0.1) is 28.6 Å². The molecule has 0 amide bonds. The van der Waals surface area contributed by atoms with E-state index in [1.807, 2.05) is 37.4 Å². The third-order valence-electron chi connectivity index (χ3n) is 4.72. The average Bonchev–Trinajstić information content (AvgIpc) is 3.41. The molecule has 2 heterocycles. The van der Waals surface area contributed by atoms with E-state index < -0.39 is 9.85 Å². The Labute approximate surface area is 191 Å². The van der Waals surface area contributed by atoms with Gasteiger partial charge in [0.25, 0.3) is 5.69 Å². The third-order valence-corrected chi connectivity index (χ3v) is 5.54. The number of benzene rings is 2. The highest BCUT2D eigenvalue weighted by Gasteiger charge is 2.13. The fraction of sp³-hybridized carbons (Fsp3) is 0.0909. The lowest BCUT2D eigenvalue weighted by atomic mass is 10.1. The van der Waals surface area contributed by atoms with Gasteiger partial charge in [0, 0.05) is 23.1 Å². The zero-order valence-electron chi connectivity index (χ0n) is 17.5. The predicted molar refractivity (Wildman–Crippen MR) is 124 cm³/mol. The van der Waals surface area contributed by atoms with Gasteiger partial charge in [0.15, 0.2) is 5.76 Å². The highest BCUT2D eigenvalue weighted by molar-refractivity contribution is 7.07. The third kappa shape index (κ3) is 4.77. The van der Waals surface area contributed by atoms with Gasteiger partial charge in [-0.1, -0.05) is 17.7 Å². The van der Waals surface area contributed by atoms with Crippen molar-refractivity contribution < 1.29 is 14.3 Å². The van der Waals surface area contributed by atoms with Gasteiger partial charge in [-0.25, -0.2) is 9.67 Å². The predicted octanol–water partition coefficient (Wildman–Crippen LogP) is 5.36. The normalized spacial score (nSPS) is 11.9. The van der Waals surface area contributed by atoms with Crippen molar-refractivity contribution in [3.8, 4) is 11.3 Å². The number of nitrogens with zero attached hydrogens (tertiary/aromatic N) is 5. The molecule has 0 fully saturated rings. The Morgan fingerprint density at radius 2 is 1.76 bits per heavy atom. The highest BCUT2D eigenvalue weighted by Crippen LogP contribution is 2.25. The first kappa shape index (κ1) is 21.8. The highest BCUT2D eigenvalue weighted by atomic mass is 32.1. The topological polar surface area (TPSA) is 129 Å². The Bertz CT molecular complexity index is 1450. The summed E-state index contributed by atoms with van der Waals surface area (Å²) in [4.78, 5) is 26.1. The van der Waals surface area contributed by atoms with Crippen LogP contribution in [-0.4, -0.2) is 20.7 Å². The number of rotatable bonds is 6. The van der Waals surface area contributed by atoms with Crippen molar-refractivity contribution in [3.05, 3.63) is 102 Å². The van der Waals surface area contributed by atoms with Crippen molar-refractivity contribution in [2.24, 2.45) is 10.1 Å². The van der Waals surface area contributed by atoms with Crippen LogP contribution < -0.4 is 4.80 Å². The van der Waals surface area contributed by atoms with Gasteiger partial charge in [0.2, 0.25) is 4.80 Å². The molecule has 11 heteroatoms. The largest absolute Gasteiger partial charge is 0.433 e. The minimum absolute atomic E-state index is 0.0212. The lowest BCUT2D eigenvalue weighted by molar-refractivity contribution is -0.402. The van der Waals surface area contributed by atoms with Crippen molar-refractivity contribution in [2.45, 2.75) is 13.8 Å². The van der Waals surface area contributed by atoms with Crippen LogP contribution >= 0.6 is 11.3 Å². The molecule has 0 aliphatic heterocycles. The van der Waals surface area contributed by atoms with Crippen LogP contribution in [0.5, 0.6) is 0 Å². The molecule has 166 valence electrons. The fourth-order valence-corrected chi connectivity index (χ4v) is 3.95. The summed E-state index contributed by atoms with van der Waals surface area (Å²) in [6.45, 7) is 3.97. The van der Waals surface area contributed by atoms with Crippen LogP contribution in [0.15, 0.2) is 74.5 Å². The van der Waals surface area contributed by atoms with E-state index in [2.05, 4.69) is 5.10 Å². The maximum absolute atomic E-state index is 11.0. The standard InChI is InChI=1S/C22H17N5O5S/c1-14-3-9-19(15(2)11-14)24-22-25(23-12-18-8-10-21(32-18)27(30)31)20(13-33-22)16-4-6-17(7-5-16)26(28)29/h3-13H,1-2H3. The first-order valence-electron chi connectivity index (χ1n) is 9.68. The SMILES string of the molecule is Cc1ccc(N=c2scc(-c3ccc([N+](=O)[O-])cc3)n2N=Cc2ccc([N+](=O)[O-])o2)c(C)c1. The molecule has 33 heavy (non-hydrogen) atoms. The monoisotopic (exact) mass is 463 g/mol. The van der Waals surface area contributed by atoms with Gasteiger partial charge in [-0.3, -0.25) is 20.2 Å². The number of aromatic nitrogens is 1. The van der Waals surface area contributed by atoms with Gasteiger partial charge in [-0.2, -0.15) is 5.10 Å². The zero-order valence-corrected chi connectivity index (χ0v) is 18.4. The van der Waals surface area contributed by atoms with Crippen LogP contribution in [0.4, 0.5) is 17.3 Å². The lowest BCUT2D eigenvalue weighted by Gasteiger charge is -2.04. The molecule has 0 bridgehead atoms. The molecule has 0 unspecified atom stereocenters. The summed E-state index contributed by atoms with van der Waals surface area (Å²) in [5, 5.41) is 28.2. The van der Waals surface area contributed by atoms with Crippen LogP contribution in [0.3, 0.4) is 0 Å². The summed E-state index contributed by atoms with van der Waals surface area (Å²) in [5.41, 5.74) is 4.21. The summed E-state index contributed by atoms with van der Waals surface area (Å²) in [5.74, 6) is -0.185. The summed E-state index contributed by atoms with van der Waals surface area (Å²) in [7, 11) is 0. The zero-order chi connectivity index (χ0) is 23.5. The van der Waals surface area contributed by atoms with Crippen LogP contribution in [0.2, 0.25) is 0 Å². The average molecular weight is 463 g/mol.